The Kier molecular flexibility index (Phi) is 2.29. The minimum atomic E-state index is -0.684. The molecular formula is C10H17NO4. The van der Waals surface area contributed by atoms with Crippen molar-refractivity contribution in [3.8, 4) is 0 Å². The van der Waals surface area contributed by atoms with Crippen LogP contribution in [0.15, 0.2) is 0 Å². The molecule has 2 aliphatic rings. The van der Waals surface area contributed by atoms with Gasteiger partial charge in [0.25, 0.3) is 0 Å². The summed E-state index contributed by atoms with van der Waals surface area (Å²) in [6.07, 6.45) is 0. The summed E-state index contributed by atoms with van der Waals surface area (Å²) in [6.45, 7) is 6.80. The van der Waals surface area contributed by atoms with Gasteiger partial charge in [0.05, 0.1) is 25.9 Å². The van der Waals surface area contributed by atoms with Crippen molar-refractivity contribution in [3.05, 3.63) is 0 Å². The quantitative estimate of drug-likeness (QED) is 0.598. The third-order valence-corrected chi connectivity index (χ3v) is 3.17. The molecule has 0 amide bonds. The molecule has 0 bridgehead atoms. The Labute approximate surface area is 89.2 Å². The van der Waals surface area contributed by atoms with Crippen LogP contribution in [0.25, 0.3) is 0 Å². The number of ether oxygens (including phenoxy) is 2. The van der Waals surface area contributed by atoms with E-state index in [1.165, 1.54) is 7.11 Å². The van der Waals surface area contributed by atoms with Gasteiger partial charge in [-0.2, -0.15) is 0 Å². The van der Waals surface area contributed by atoms with Gasteiger partial charge in [0.1, 0.15) is 5.92 Å². The van der Waals surface area contributed by atoms with Crippen molar-refractivity contribution in [1.82, 2.24) is 5.06 Å². The Morgan fingerprint density at radius 3 is 2.73 bits per heavy atom. The highest BCUT2D eigenvalue weighted by molar-refractivity contribution is 5.74. The maximum atomic E-state index is 11.6. The van der Waals surface area contributed by atoms with E-state index in [9.17, 15) is 4.79 Å². The van der Waals surface area contributed by atoms with E-state index in [0.717, 1.165) is 0 Å². The fourth-order valence-electron chi connectivity index (χ4n) is 2.32. The molecule has 0 aromatic rings. The molecule has 2 atom stereocenters. The lowest BCUT2D eigenvalue weighted by atomic mass is 9.98. The molecule has 2 rings (SSSR count). The molecule has 2 aliphatic heterocycles. The molecular weight excluding hydrogens is 198 g/mol. The van der Waals surface area contributed by atoms with E-state index >= 15 is 0 Å². The first-order valence-corrected chi connectivity index (χ1v) is 5.07. The average molecular weight is 215 g/mol. The Morgan fingerprint density at radius 2 is 2.13 bits per heavy atom. The summed E-state index contributed by atoms with van der Waals surface area (Å²) in [5.41, 5.74) is -0.881. The van der Waals surface area contributed by atoms with E-state index in [0.29, 0.717) is 13.2 Å². The van der Waals surface area contributed by atoms with Crippen LogP contribution in [0, 0.1) is 5.92 Å². The molecule has 86 valence electrons. The first-order valence-electron chi connectivity index (χ1n) is 5.07. The molecule has 0 unspecified atom stereocenters. The molecule has 2 fully saturated rings. The molecule has 0 aromatic carbocycles. The molecule has 0 spiro atoms. The fraction of sp³-hybridized carbons (Fsp3) is 0.900. The highest BCUT2D eigenvalue weighted by Crippen LogP contribution is 2.44. The van der Waals surface area contributed by atoms with Crippen molar-refractivity contribution >= 4 is 5.97 Å². The van der Waals surface area contributed by atoms with Crippen LogP contribution in [0.2, 0.25) is 0 Å². The minimum absolute atomic E-state index is 0.197. The second-order valence-corrected chi connectivity index (χ2v) is 4.82. The number of methoxy groups -OCH3 is 1. The van der Waals surface area contributed by atoms with E-state index in [1.807, 2.05) is 20.8 Å². The van der Waals surface area contributed by atoms with Crippen LogP contribution in [0.3, 0.4) is 0 Å². The zero-order chi connectivity index (χ0) is 11.3. The van der Waals surface area contributed by atoms with Crippen molar-refractivity contribution in [2.45, 2.75) is 32.0 Å². The van der Waals surface area contributed by atoms with Crippen LogP contribution in [0.5, 0.6) is 0 Å². The van der Waals surface area contributed by atoms with E-state index in [2.05, 4.69) is 0 Å². The highest BCUT2D eigenvalue weighted by Gasteiger charge is 2.61. The van der Waals surface area contributed by atoms with Crippen molar-refractivity contribution < 1.29 is 19.1 Å². The molecule has 0 N–H and O–H groups in total. The van der Waals surface area contributed by atoms with Gasteiger partial charge in [0.15, 0.2) is 5.72 Å². The number of carbonyl (C=O) groups excluding carboxylic acids is 1. The van der Waals surface area contributed by atoms with Gasteiger partial charge in [-0.15, -0.1) is 5.06 Å². The van der Waals surface area contributed by atoms with E-state index in [4.69, 9.17) is 14.3 Å². The van der Waals surface area contributed by atoms with Gasteiger partial charge >= 0.3 is 5.97 Å². The van der Waals surface area contributed by atoms with E-state index in [1.54, 1.807) is 5.06 Å². The SMILES string of the molecule is COC(=O)[C@H]1CON2C(C)(C)CO[C@]12C. The van der Waals surface area contributed by atoms with Crippen LogP contribution in [0.4, 0.5) is 0 Å². The third kappa shape index (κ3) is 1.38. The highest BCUT2D eigenvalue weighted by atomic mass is 16.8. The maximum Gasteiger partial charge on any atom is 0.315 e. The molecule has 2 saturated heterocycles. The predicted octanol–water partition coefficient (Wildman–Crippen LogP) is 0.548. The first kappa shape index (κ1) is 10.9. The van der Waals surface area contributed by atoms with Crippen LogP contribution in [0.1, 0.15) is 20.8 Å². The van der Waals surface area contributed by atoms with Gasteiger partial charge in [-0.3, -0.25) is 9.63 Å². The summed E-state index contributed by atoms with van der Waals surface area (Å²) in [6, 6.07) is 0. The number of nitrogens with zero attached hydrogens (tertiary/aromatic N) is 1. The molecule has 15 heavy (non-hydrogen) atoms. The van der Waals surface area contributed by atoms with Crippen LogP contribution in [-0.4, -0.2) is 42.6 Å². The van der Waals surface area contributed by atoms with Crippen LogP contribution < -0.4 is 0 Å². The summed E-state index contributed by atoms with van der Waals surface area (Å²) in [4.78, 5) is 17.1. The maximum absolute atomic E-state index is 11.6. The zero-order valence-corrected chi connectivity index (χ0v) is 9.57. The molecule has 0 saturated carbocycles. The lowest BCUT2D eigenvalue weighted by Crippen LogP contribution is -2.49. The van der Waals surface area contributed by atoms with E-state index < -0.39 is 5.72 Å². The monoisotopic (exact) mass is 215 g/mol. The summed E-state index contributed by atoms with van der Waals surface area (Å²) < 4.78 is 10.5. The first-order chi connectivity index (χ1) is 6.92. The number of rotatable bonds is 1. The summed E-state index contributed by atoms with van der Waals surface area (Å²) in [5, 5.41) is 1.78. The average Bonchev–Trinajstić information content (AvgIpc) is 2.63. The number of hydrogen-bond acceptors (Lipinski definition) is 5. The summed E-state index contributed by atoms with van der Waals surface area (Å²) in [7, 11) is 1.38. The standard InChI is InChI=1S/C10H17NO4/c1-9(2)6-14-10(3)7(8(12)13-4)5-15-11(9)10/h7H,5-6H2,1-4H3/t7-,10-/m1/s1. The molecule has 0 aliphatic carbocycles. The molecule has 2 heterocycles. The van der Waals surface area contributed by atoms with Gasteiger partial charge in [0, 0.05) is 0 Å². The van der Waals surface area contributed by atoms with E-state index in [-0.39, 0.29) is 17.4 Å². The lowest BCUT2D eigenvalue weighted by molar-refractivity contribution is -0.223. The predicted molar refractivity (Wildman–Crippen MR) is 51.7 cm³/mol. The Morgan fingerprint density at radius 1 is 1.47 bits per heavy atom. The third-order valence-electron chi connectivity index (χ3n) is 3.17. The second kappa shape index (κ2) is 3.17. The van der Waals surface area contributed by atoms with Crippen molar-refractivity contribution in [3.63, 3.8) is 0 Å². The minimum Gasteiger partial charge on any atom is -0.469 e. The second-order valence-electron chi connectivity index (χ2n) is 4.82. The summed E-state index contributed by atoms with van der Waals surface area (Å²) >= 11 is 0. The normalized spacial score (nSPS) is 39.1. The van der Waals surface area contributed by atoms with Gasteiger partial charge in [-0.05, 0) is 20.8 Å². The number of esters is 1. The number of carbonyl (C=O) groups is 1. The number of hydrogen-bond donors (Lipinski definition) is 0. The fourth-order valence-corrected chi connectivity index (χ4v) is 2.32. The zero-order valence-electron chi connectivity index (χ0n) is 9.57. The van der Waals surface area contributed by atoms with Crippen LogP contribution in [-0.2, 0) is 19.1 Å². The van der Waals surface area contributed by atoms with Gasteiger partial charge in [-0.1, -0.05) is 0 Å². The number of fused-ring (bicyclic) bond motifs is 1. The Balaban J connectivity index is 2.26. The van der Waals surface area contributed by atoms with Crippen molar-refractivity contribution in [2.75, 3.05) is 20.3 Å². The topological polar surface area (TPSA) is 48.0 Å². The Hall–Kier alpha value is -0.650. The lowest BCUT2D eigenvalue weighted by Gasteiger charge is -2.32. The molecule has 0 aromatic heterocycles. The smallest absolute Gasteiger partial charge is 0.315 e. The largest absolute Gasteiger partial charge is 0.469 e. The van der Waals surface area contributed by atoms with Crippen molar-refractivity contribution in [2.24, 2.45) is 5.92 Å². The molecule has 5 nitrogen and oxygen atoms in total. The Bertz CT molecular complexity index is 291. The van der Waals surface area contributed by atoms with Gasteiger partial charge in [0.2, 0.25) is 0 Å². The molecule has 5 heteroatoms. The van der Waals surface area contributed by atoms with Crippen molar-refractivity contribution in [1.29, 1.82) is 0 Å². The van der Waals surface area contributed by atoms with Gasteiger partial charge in [-0.25, -0.2) is 0 Å². The van der Waals surface area contributed by atoms with Crippen LogP contribution >= 0.6 is 0 Å². The van der Waals surface area contributed by atoms with Gasteiger partial charge < -0.3 is 9.47 Å². The summed E-state index contributed by atoms with van der Waals surface area (Å²) in [5.74, 6) is -0.651. The number of hydroxylamine groups is 2. The molecule has 0 radical (unpaired) electrons.